The van der Waals surface area contributed by atoms with Gasteiger partial charge in [-0.05, 0) is 24.3 Å². The highest BCUT2D eigenvalue weighted by Gasteiger charge is 2.04. The van der Waals surface area contributed by atoms with Crippen LogP contribution in [0.3, 0.4) is 0 Å². The van der Waals surface area contributed by atoms with Crippen LogP contribution in [-0.2, 0) is 6.61 Å². The topological polar surface area (TPSA) is 26.3 Å². The number of carbonyl (C=O) groups excluding carboxylic acids is 1. The number of rotatable bonds is 4. The van der Waals surface area contributed by atoms with Crippen LogP contribution in [0.15, 0.2) is 42.5 Å². The molecule has 0 aliphatic carbocycles. The van der Waals surface area contributed by atoms with Gasteiger partial charge in [-0.1, -0.05) is 12.1 Å². The zero-order valence-electron chi connectivity index (χ0n) is 9.40. The summed E-state index contributed by atoms with van der Waals surface area (Å²) >= 11 is 0. The van der Waals surface area contributed by atoms with E-state index in [1.165, 1.54) is 12.1 Å². The average molecular weight is 248 g/mol. The van der Waals surface area contributed by atoms with Crippen LogP contribution in [0.4, 0.5) is 8.78 Å². The van der Waals surface area contributed by atoms with Gasteiger partial charge in [0.1, 0.15) is 30.3 Å². The zero-order chi connectivity index (χ0) is 13.0. The molecule has 0 saturated heterocycles. The van der Waals surface area contributed by atoms with E-state index in [9.17, 15) is 13.6 Å². The van der Waals surface area contributed by atoms with Crippen LogP contribution in [0, 0.1) is 11.6 Å². The lowest BCUT2D eigenvalue weighted by Gasteiger charge is -2.07. The second-order valence-electron chi connectivity index (χ2n) is 3.71. The van der Waals surface area contributed by atoms with Gasteiger partial charge in [-0.25, -0.2) is 8.78 Å². The summed E-state index contributed by atoms with van der Waals surface area (Å²) in [6.07, 6.45) is 0.700. The van der Waals surface area contributed by atoms with Gasteiger partial charge in [-0.3, -0.25) is 4.79 Å². The molecule has 0 atom stereocenters. The third-order valence-corrected chi connectivity index (χ3v) is 2.40. The summed E-state index contributed by atoms with van der Waals surface area (Å²) in [7, 11) is 0. The van der Waals surface area contributed by atoms with E-state index < -0.39 is 11.6 Å². The Morgan fingerprint density at radius 2 is 1.94 bits per heavy atom. The van der Waals surface area contributed by atoms with E-state index in [1.807, 2.05) is 0 Å². The van der Waals surface area contributed by atoms with Gasteiger partial charge in [-0.2, -0.15) is 0 Å². The van der Waals surface area contributed by atoms with E-state index in [-0.39, 0.29) is 12.2 Å². The smallest absolute Gasteiger partial charge is 0.150 e. The van der Waals surface area contributed by atoms with E-state index >= 15 is 0 Å². The van der Waals surface area contributed by atoms with Crippen LogP contribution < -0.4 is 4.74 Å². The molecule has 92 valence electrons. The Kier molecular flexibility index (Phi) is 3.67. The molecule has 0 spiro atoms. The van der Waals surface area contributed by atoms with Crippen LogP contribution in [0.25, 0.3) is 0 Å². The van der Waals surface area contributed by atoms with Crippen LogP contribution >= 0.6 is 0 Å². The summed E-state index contributed by atoms with van der Waals surface area (Å²) < 4.78 is 31.3. The lowest BCUT2D eigenvalue weighted by Crippen LogP contribution is -1.99. The molecule has 0 aliphatic heterocycles. The Morgan fingerprint density at radius 3 is 2.67 bits per heavy atom. The van der Waals surface area contributed by atoms with Crippen molar-refractivity contribution < 1.29 is 18.3 Å². The van der Waals surface area contributed by atoms with Crippen LogP contribution in [0.5, 0.6) is 5.75 Å². The van der Waals surface area contributed by atoms with Gasteiger partial charge in [-0.15, -0.1) is 0 Å². The summed E-state index contributed by atoms with van der Waals surface area (Å²) in [5, 5.41) is 0. The van der Waals surface area contributed by atoms with Crippen molar-refractivity contribution in [3.63, 3.8) is 0 Å². The Bertz CT molecular complexity index is 567. The van der Waals surface area contributed by atoms with Crippen LogP contribution in [0.1, 0.15) is 15.9 Å². The first-order chi connectivity index (χ1) is 8.69. The van der Waals surface area contributed by atoms with Crippen molar-refractivity contribution in [3.8, 4) is 5.75 Å². The largest absolute Gasteiger partial charge is 0.489 e. The molecule has 0 amide bonds. The molecule has 2 rings (SSSR count). The third-order valence-electron chi connectivity index (χ3n) is 2.40. The van der Waals surface area contributed by atoms with Gasteiger partial charge in [0.2, 0.25) is 0 Å². The molecular weight excluding hydrogens is 238 g/mol. The van der Waals surface area contributed by atoms with E-state index in [1.54, 1.807) is 24.3 Å². The molecule has 2 nitrogen and oxygen atoms in total. The summed E-state index contributed by atoms with van der Waals surface area (Å²) in [6, 6.07) is 9.82. The highest BCUT2D eigenvalue weighted by atomic mass is 19.1. The van der Waals surface area contributed by atoms with Crippen molar-refractivity contribution in [3.05, 3.63) is 65.2 Å². The predicted octanol–water partition coefficient (Wildman–Crippen LogP) is 3.36. The zero-order valence-corrected chi connectivity index (χ0v) is 9.40. The van der Waals surface area contributed by atoms with Crippen molar-refractivity contribution in [2.45, 2.75) is 6.61 Å². The Morgan fingerprint density at radius 1 is 1.11 bits per heavy atom. The normalized spacial score (nSPS) is 10.1. The highest BCUT2D eigenvalue weighted by Crippen LogP contribution is 2.16. The third kappa shape index (κ3) is 2.91. The molecule has 0 aliphatic rings. The van der Waals surface area contributed by atoms with Gasteiger partial charge in [0.25, 0.3) is 0 Å². The fourth-order valence-corrected chi connectivity index (χ4v) is 1.48. The summed E-state index contributed by atoms with van der Waals surface area (Å²) in [4.78, 5) is 10.6. The van der Waals surface area contributed by atoms with Crippen LogP contribution in [-0.4, -0.2) is 6.29 Å². The first-order valence-electron chi connectivity index (χ1n) is 5.31. The van der Waals surface area contributed by atoms with Crippen molar-refractivity contribution in [1.82, 2.24) is 0 Å². The van der Waals surface area contributed by atoms with E-state index in [2.05, 4.69) is 0 Å². The first kappa shape index (κ1) is 12.2. The predicted molar refractivity (Wildman–Crippen MR) is 62.5 cm³/mol. The van der Waals surface area contributed by atoms with Crippen molar-refractivity contribution in [2.75, 3.05) is 0 Å². The van der Waals surface area contributed by atoms with E-state index in [0.717, 1.165) is 6.07 Å². The lowest BCUT2D eigenvalue weighted by molar-refractivity contribution is 0.112. The highest BCUT2D eigenvalue weighted by molar-refractivity contribution is 5.75. The van der Waals surface area contributed by atoms with Gasteiger partial charge in [0, 0.05) is 17.2 Å². The molecule has 4 heteroatoms. The second kappa shape index (κ2) is 5.40. The standard InChI is InChI=1S/C14H10F2O2/c15-12-5-4-11(14(16)7-12)9-18-13-3-1-2-10(6-13)8-17/h1-8H,9H2. The minimum atomic E-state index is -0.651. The molecule has 0 bridgehead atoms. The van der Waals surface area contributed by atoms with Gasteiger partial charge in [0.15, 0.2) is 0 Å². The maximum Gasteiger partial charge on any atom is 0.150 e. The van der Waals surface area contributed by atoms with Crippen LogP contribution in [0.2, 0.25) is 0 Å². The molecule has 0 fully saturated rings. The average Bonchev–Trinajstić information content (AvgIpc) is 2.38. The lowest BCUT2D eigenvalue weighted by atomic mass is 10.2. The summed E-state index contributed by atoms with van der Waals surface area (Å²) in [5.74, 6) is -0.816. The molecule has 0 radical (unpaired) electrons. The van der Waals surface area contributed by atoms with Crippen molar-refractivity contribution in [1.29, 1.82) is 0 Å². The Hall–Kier alpha value is -2.23. The maximum absolute atomic E-state index is 13.3. The number of benzene rings is 2. The second-order valence-corrected chi connectivity index (χ2v) is 3.71. The van der Waals surface area contributed by atoms with Gasteiger partial charge < -0.3 is 4.74 Å². The molecule has 18 heavy (non-hydrogen) atoms. The van der Waals surface area contributed by atoms with E-state index in [0.29, 0.717) is 17.6 Å². The van der Waals surface area contributed by atoms with Gasteiger partial charge >= 0.3 is 0 Å². The number of halogens is 2. The van der Waals surface area contributed by atoms with Crippen molar-refractivity contribution in [2.24, 2.45) is 0 Å². The monoisotopic (exact) mass is 248 g/mol. The Labute approximate surface area is 103 Å². The molecule has 0 heterocycles. The number of ether oxygens (including phenoxy) is 1. The Balaban J connectivity index is 2.08. The SMILES string of the molecule is O=Cc1cccc(OCc2ccc(F)cc2F)c1. The molecule has 0 unspecified atom stereocenters. The fraction of sp³-hybridized carbons (Fsp3) is 0.0714. The minimum Gasteiger partial charge on any atom is -0.489 e. The van der Waals surface area contributed by atoms with E-state index in [4.69, 9.17) is 4.74 Å². The molecule has 2 aromatic rings. The molecule has 0 N–H and O–H groups in total. The number of carbonyl (C=O) groups is 1. The number of aldehydes is 1. The number of hydrogen-bond donors (Lipinski definition) is 0. The summed E-state index contributed by atoms with van der Waals surface area (Å²) in [5.41, 5.74) is 0.736. The first-order valence-corrected chi connectivity index (χ1v) is 5.31. The fourth-order valence-electron chi connectivity index (χ4n) is 1.48. The number of hydrogen-bond acceptors (Lipinski definition) is 2. The summed E-state index contributed by atoms with van der Waals surface area (Å²) in [6.45, 7) is -0.0194. The molecule has 0 saturated carbocycles. The quantitative estimate of drug-likeness (QED) is 0.775. The maximum atomic E-state index is 13.3. The van der Waals surface area contributed by atoms with Crippen molar-refractivity contribution >= 4 is 6.29 Å². The minimum absolute atomic E-state index is 0.0194. The molecule has 0 aromatic heterocycles. The van der Waals surface area contributed by atoms with Gasteiger partial charge in [0.05, 0.1) is 0 Å². The molecule has 2 aromatic carbocycles. The molecular formula is C14H10F2O2.